The molecule has 7 heteroatoms. The Kier molecular flexibility index (Phi) is 4.72. The Morgan fingerprint density at radius 3 is 2.33 bits per heavy atom. The second kappa shape index (κ2) is 5.69. The summed E-state index contributed by atoms with van der Waals surface area (Å²) >= 11 is 0. The first-order valence-electron chi connectivity index (χ1n) is 5.83. The molecule has 18 heavy (non-hydrogen) atoms. The van der Waals surface area contributed by atoms with Crippen LogP contribution >= 0.6 is 0 Å². The van der Waals surface area contributed by atoms with Crippen LogP contribution in [0.2, 0.25) is 0 Å². The molecule has 0 aliphatic carbocycles. The summed E-state index contributed by atoms with van der Waals surface area (Å²) < 4.78 is 36.3. The third-order valence-corrected chi connectivity index (χ3v) is 3.15. The highest BCUT2D eigenvalue weighted by Crippen LogP contribution is 2.23. The molecule has 4 nitrogen and oxygen atoms in total. The Bertz CT molecular complexity index is 325. The monoisotopic (exact) mass is 266 g/mol. The average molecular weight is 266 g/mol. The number of nitrogens with zero attached hydrogens (tertiary/aromatic N) is 2. The van der Waals surface area contributed by atoms with Crippen molar-refractivity contribution in [2.45, 2.75) is 32.0 Å². The van der Waals surface area contributed by atoms with Gasteiger partial charge in [-0.05, 0) is 7.05 Å². The van der Waals surface area contributed by atoms with Crippen LogP contribution in [0.1, 0.15) is 19.8 Å². The number of ketones is 1. The van der Waals surface area contributed by atoms with Gasteiger partial charge in [0.25, 0.3) is 0 Å². The first kappa shape index (κ1) is 14.9. The Morgan fingerprint density at radius 2 is 1.89 bits per heavy atom. The van der Waals surface area contributed by atoms with Crippen LogP contribution in [0.15, 0.2) is 0 Å². The zero-order chi connectivity index (χ0) is 13.9. The number of amides is 1. The van der Waals surface area contributed by atoms with Crippen molar-refractivity contribution in [3.8, 4) is 0 Å². The van der Waals surface area contributed by atoms with E-state index in [0.29, 0.717) is 19.4 Å². The lowest BCUT2D eigenvalue weighted by Crippen LogP contribution is -2.62. The Balaban J connectivity index is 2.29. The van der Waals surface area contributed by atoms with Gasteiger partial charge in [0, 0.05) is 38.5 Å². The number of halogens is 3. The van der Waals surface area contributed by atoms with E-state index in [1.54, 1.807) is 14.0 Å². The van der Waals surface area contributed by atoms with Crippen molar-refractivity contribution in [3.63, 3.8) is 0 Å². The predicted molar refractivity (Wildman–Crippen MR) is 59.0 cm³/mol. The molecule has 0 unspecified atom stereocenters. The molecule has 0 N–H and O–H groups in total. The number of hydrogen-bond acceptors (Lipinski definition) is 3. The van der Waals surface area contributed by atoms with Gasteiger partial charge in [-0.25, -0.2) is 0 Å². The van der Waals surface area contributed by atoms with Crippen LogP contribution in [0.25, 0.3) is 0 Å². The van der Waals surface area contributed by atoms with Gasteiger partial charge < -0.3 is 4.90 Å². The summed E-state index contributed by atoms with van der Waals surface area (Å²) in [4.78, 5) is 24.6. The summed E-state index contributed by atoms with van der Waals surface area (Å²) in [6.07, 6.45) is -3.92. The Hall–Kier alpha value is -1.11. The quantitative estimate of drug-likeness (QED) is 0.747. The molecule has 104 valence electrons. The van der Waals surface area contributed by atoms with Crippen LogP contribution in [-0.4, -0.2) is 60.4 Å². The first-order chi connectivity index (χ1) is 8.25. The minimum atomic E-state index is -4.79. The van der Waals surface area contributed by atoms with Gasteiger partial charge in [0.2, 0.25) is 0 Å². The minimum Gasteiger partial charge on any atom is -0.332 e. The van der Waals surface area contributed by atoms with E-state index in [4.69, 9.17) is 0 Å². The predicted octanol–water partition coefficient (Wildman–Crippen LogP) is 1.06. The number of Topliss-reactive ketones (excluding diaryl/α,β-unsaturated/α-hetero) is 1. The van der Waals surface area contributed by atoms with E-state index in [9.17, 15) is 22.8 Å². The maximum absolute atomic E-state index is 12.1. The molecule has 1 fully saturated rings. The molecule has 0 bridgehead atoms. The highest BCUT2D eigenvalue weighted by atomic mass is 19.4. The van der Waals surface area contributed by atoms with Gasteiger partial charge in [-0.15, -0.1) is 0 Å². The largest absolute Gasteiger partial charge is 0.471 e. The summed E-state index contributed by atoms with van der Waals surface area (Å²) in [5.74, 6) is -1.65. The van der Waals surface area contributed by atoms with Crippen LogP contribution in [0, 0.1) is 0 Å². The van der Waals surface area contributed by atoms with Gasteiger partial charge in [-0.1, -0.05) is 6.92 Å². The van der Waals surface area contributed by atoms with Crippen LogP contribution in [0.3, 0.4) is 0 Å². The zero-order valence-electron chi connectivity index (χ0n) is 10.5. The molecule has 0 aromatic carbocycles. The maximum Gasteiger partial charge on any atom is 0.471 e. The molecule has 1 heterocycles. The van der Waals surface area contributed by atoms with Crippen LogP contribution in [0.5, 0.6) is 0 Å². The molecule has 0 saturated carbocycles. The molecule has 1 saturated heterocycles. The van der Waals surface area contributed by atoms with E-state index in [0.717, 1.165) is 4.90 Å². The number of alkyl halides is 3. The van der Waals surface area contributed by atoms with E-state index in [2.05, 4.69) is 0 Å². The van der Waals surface area contributed by atoms with E-state index < -0.39 is 12.1 Å². The highest BCUT2D eigenvalue weighted by Gasteiger charge is 2.47. The molecule has 0 aromatic heterocycles. The summed E-state index contributed by atoms with van der Waals surface area (Å²) in [5, 5.41) is 0. The highest BCUT2D eigenvalue weighted by molar-refractivity contribution is 5.82. The molecule has 1 aliphatic rings. The Labute approximate surface area is 104 Å². The summed E-state index contributed by atoms with van der Waals surface area (Å²) in [6.45, 7) is 2.45. The molecule has 1 aliphatic heterocycles. The fraction of sp³-hybridized carbons (Fsp3) is 0.818. The molecular formula is C11H17F3N2O2. The third-order valence-electron chi connectivity index (χ3n) is 3.15. The van der Waals surface area contributed by atoms with Crippen molar-refractivity contribution in [2.75, 3.05) is 26.7 Å². The van der Waals surface area contributed by atoms with E-state index in [-0.39, 0.29) is 24.9 Å². The van der Waals surface area contributed by atoms with Crippen LogP contribution in [-0.2, 0) is 9.59 Å². The fourth-order valence-corrected chi connectivity index (χ4v) is 1.74. The number of carbonyl (C=O) groups is 2. The summed E-state index contributed by atoms with van der Waals surface area (Å²) in [6, 6.07) is -0.0824. The van der Waals surface area contributed by atoms with Crippen molar-refractivity contribution in [3.05, 3.63) is 0 Å². The number of likely N-dealkylation sites (N-methyl/N-ethyl adjacent to an activating group) is 1. The topological polar surface area (TPSA) is 40.6 Å². The number of rotatable bonds is 5. The SMILES string of the molecule is CCC(=O)CCN(C)C1CN(C(=O)C(F)(F)F)C1. The Morgan fingerprint density at radius 1 is 1.33 bits per heavy atom. The van der Waals surface area contributed by atoms with Crippen molar-refractivity contribution in [1.29, 1.82) is 0 Å². The minimum absolute atomic E-state index is 0.0785. The lowest BCUT2D eigenvalue weighted by Gasteiger charge is -2.44. The number of hydrogen-bond donors (Lipinski definition) is 0. The molecular weight excluding hydrogens is 249 g/mol. The van der Waals surface area contributed by atoms with Crippen molar-refractivity contribution in [1.82, 2.24) is 9.80 Å². The second-order valence-electron chi connectivity index (χ2n) is 4.48. The van der Waals surface area contributed by atoms with Crippen LogP contribution < -0.4 is 0 Å². The molecule has 1 rings (SSSR count). The molecule has 0 spiro atoms. The third kappa shape index (κ3) is 3.69. The number of likely N-dealkylation sites (tertiary alicyclic amines) is 1. The van der Waals surface area contributed by atoms with Gasteiger partial charge in [0.15, 0.2) is 0 Å². The van der Waals surface area contributed by atoms with Crippen LogP contribution in [0.4, 0.5) is 13.2 Å². The maximum atomic E-state index is 12.1. The zero-order valence-corrected chi connectivity index (χ0v) is 10.5. The van der Waals surface area contributed by atoms with Gasteiger partial charge in [-0.2, -0.15) is 13.2 Å². The van der Waals surface area contributed by atoms with E-state index in [1.807, 2.05) is 4.90 Å². The molecule has 0 aromatic rings. The lowest BCUT2D eigenvalue weighted by molar-refractivity contribution is -0.192. The summed E-state index contributed by atoms with van der Waals surface area (Å²) in [7, 11) is 1.75. The summed E-state index contributed by atoms with van der Waals surface area (Å²) in [5.41, 5.74) is 0. The van der Waals surface area contributed by atoms with E-state index >= 15 is 0 Å². The molecule has 1 amide bonds. The van der Waals surface area contributed by atoms with Gasteiger partial charge in [-0.3, -0.25) is 14.5 Å². The molecule has 0 atom stereocenters. The fourth-order valence-electron chi connectivity index (χ4n) is 1.74. The smallest absolute Gasteiger partial charge is 0.332 e. The van der Waals surface area contributed by atoms with Gasteiger partial charge in [0.05, 0.1) is 0 Å². The standard InChI is InChI=1S/C11H17F3N2O2/c1-3-9(17)4-5-15(2)8-6-16(7-8)10(18)11(12,13)14/h8H,3-7H2,1-2H3. The van der Waals surface area contributed by atoms with E-state index in [1.165, 1.54) is 0 Å². The number of carbonyl (C=O) groups excluding carboxylic acids is 2. The van der Waals surface area contributed by atoms with Gasteiger partial charge >= 0.3 is 12.1 Å². The van der Waals surface area contributed by atoms with Crippen molar-refractivity contribution >= 4 is 11.7 Å². The van der Waals surface area contributed by atoms with Crippen molar-refractivity contribution in [2.24, 2.45) is 0 Å². The average Bonchev–Trinajstić information content (AvgIpc) is 2.22. The normalized spacial score (nSPS) is 16.9. The molecule has 0 radical (unpaired) electrons. The second-order valence-corrected chi connectivity index (χ2v) is 4.48. The van der Waals surface area contributed by atoms with Gasteiger partial charge in [0.1, 0.15) is 5.78 Å². The lowest BCUT2D eigenvalue weighted by atomic mass is 10.1. The van der Waals surface area contributed by atoms with Crippen molar-refractivity contribution < 1.29 is 22.8 Å². The first-order valence-corrected chi connectivity index (χ1v) is 5.83.